The minimum atomic E-state index is -0.676. The highest BCUT2D eigenvalue weighted by Crippen LogP contribution is 2.39. The molecular weight excluding hydrogens is 218 g/mol. The Kier molecular flexibility index (Phi) is 3.69. The van der Waals surface area contributed by atoms with Gasteiger partial charge in [-0.25, -0.2) is 0 Å². The van der Waals surface area contributed by atoms with Gasteiger partial charge in [0.2, 0.25) is 5.91 Å². The molecule has 1 saturated heterocycles. The highest BCUT2D eigenvalue weighted by molar-refractivity contribution is 5.75. The maximum atomic E-state index is 11.4. The lowest BCUT2D eigenvalue weighted by atomic mass is 9.76. The molecular formula is C13H21NO3. The van der Waals surface area contributed by atoms with Gasteiger partial charge >= 0.3 is 5.97 Å². The molecule has 4 nitrogen and oxygen atoms in total. The summed E-state index contributed by atoms with van der Waals surface area (Å²) in [6, 6.07) is 0. The largest absolute Gasteiger partial charge is 0.481 e. The molecule has 96 valence electrons. The van der Waals surface area contributed by atoms with Crippen molar-refractivity contribution < 1.29 is 14.7 Å². The van der Waals surface area contributed by atoms with E-state index in [0.29, 0.717) is 25.4 Å². The molecule has 4 heteroatoms. The number of carboxylic acids is 1. The van der Waals surface area contributed by atoms with E-state index in [1.165, 1.54) is 12.8 Å². The van der Waals surface area contributed by atoms with Gasteiger partial charge in [-0.2, -0.15) is 0 Å². The van der Waals surface area contributed by atoms with E-state index in [-0.39, 0.29) is 17.7 Å². The van der Waals surface area contributed by atoms with Crippen LogP contribution in [-0.2, 0) is 9.59 Å². The average molecular weight is 239 g/mol. The Hall–Kier alpha value is -1.06. The maximum absolute atomic E-state index is 11.4. The lowest BCUT2D eigenvalue weighted by Crippen LogP contribution is -2.47. The quantitative estimate of drug-likeness (QED) is 0.798. The van der Waals surface area contributed by atoms with Crippen LogP contribution >= 0.6 is 0 Å². The molecule has 17 heavy (non-hydrogen) atoms. The van der Waals surface area contributed by atoms with Gasteiger partial charge in [-0.15, -0.1) is 0 Å². The van der Waals surface area contributed by atoms with Crippen LogP contribution in [0.1, 0.15) is 39.0 Å². The Labute approximate surface area is 102 Å². The van der Waals surface area contributed by atoms with Gasteiger partial charge in [-0.05, 0) is 18.3 Å². The van der Waals surface area contributed by atoms with Gasteiger partial charge in [0.05, 0.1) is 5.92 Å². The monoisotopic (exact) mass is 239 g/mol. The summed E-state index contributed by atoms with van der Waals surface area (Å²) in [5, 5.41) is 9.29. The number of nitrogens with zero attached hydrogens (tertiary/aromatic N) is 1. The molecule has 0 radical (unpaired) electrons. The minimum Gasteiger partial charge on any atom is -0.481 e. The molecule has 0 unspecified atom stereocenters. The number of carbonyl (C=O) groups is 2. The second-order valence-corrected chi connectivity index (χ2v) is 5.41. The molecule has 0 aromatic heterocycles. The summed E-state index contributed by atoms with van der Waals surface area (Å²) in [6.45, 7) is 2.83. The third-order valence-corrected chi connectivity index (χ3v) is 4.43. The first-order valence-corrected chi connectivity index (χ1v) is 6.58. The van der Waals surface area contributed by atoms with Crippen molar-refractivity contribution in [2.75, 3.05) is 13.1 Å². The minimum absolute atomic E-state index is 0.0804. The number of rotatable bonds is 2. The molecule has 0 aromatic carbocycles. The fourth-order valence-corrected chi connectivity index (χ4v) is 3.44. The summed E-state index contributed by atoms with van der Waals surface area (Å²) in [5.74, 6) is -0.151. The third kappa shape index (κ3) is 2.61. The maximum Gasteiger partial charge on any atom is 0.306 e. The van der Waals surface area contributed by atoms with Crippen LogP contribution in [0.4, 0.5) is 0 Å². The van der Waals surface area contributed by atoms with E-state index in [1.807, 2.05) is 4.90 Å². The molecule has 2 atom stereocenters. The second-order valence-electron chi connectivity index (χ2n) is 5.41. The van der Waals surface area contributed by atoms with Crippen LogP contribution in [-0.4, -0.2) is 35.0 Å². The zero-order valence-electron chi connectivity index (χ0n) is 10.4. The fourth-order valence-electron chi connectivity index (χ4n) is 3.44. The van der Waals surface area contributed by atoms with Crippen molar-refractivity contribution in [1.82, 2.24) is 4.90 Å². The molecule has 0 spiro atoms. The summed E-state index contributed by atoms with van der Waals surface area (Å²) in [5.41, 5.74) is 0. The van der Waals surface area contributed by atoms with Crippen molar-refractivity contribution in [3.8, 4) is 0 Å². The number of carboxylic acid groups (broad SMARTS) is 1. The number of hydrogen-bond acceptors (Lipinski definition) is 2. The predicted molar refractivity (Wildman–Crippen MR) is 63.4 cm³/mol. The van der Waals surface area contributed by atoms with Gasteiger partial charge in [-0.1, -0.05) is 25.7 Å². The first kappa shape index (κ1) is 12.4. The predicted octanol–water partition coefficient (Wildman–Crippen LogP) is 1.75. The zero-order chi connectivity index (χ0) is 12.4. The summed E-state index contributed by atoms with van der Waals surface area (Å²) in [6.07, 6.45) is 5.33. The standard InChI is InChI=1S/C13H21NO3/c1-9(15)14-7-6-11(13(16)17)12(8-14)10-4-2-3-5-10/h10-12H,2-8H2,1H3,(H,16,17)/t11-,12-/m1/s1. The van der Waals surface area contributed by atoms with E-state index < -0.39 is 5.97 Å². The smallest absolute Gasteiger partial charge is 0.306 e. The van der Waals surface area contributed by atoms with E-state index in [2.05, 4.69) is 0 Å². The first-order chi connectivity index (χ1) is 8.09. The van der Waals surface area contributed by atoms with Crippen molar-refractivity contribution >= 4 is 11.9 Å². The van der Waals surface area contributed by atoms with Gasteiger partial charge in [0.1, 0.15) is 0 Å². The highest BCUT2D eigenvalue weighted by Gasteiger charge is 2.40. The lowest BCUT2D eigenvalue weighted by molar-refractivity contribution is -0.149. The van der Waals surface area contributed by atoms with E-state index >= 15 is 0 Å². The number of piperidine rings is 1. The van der Waals surface area contributed by atoms with Crippen molar-refractivity contribution in [2.24, 2.45) is 17.8 Å². The van der Waals surface area contributed by atoms with Crippen LogP contribution in [0, 0.1) is 17.8 Å². The molecule has 1 saturated carbocycles. The Bertz CT molecular complexity index is 310. The molecule has 1 amide bonds. The second kappa shape index (κ2) is 5.07. The van der Waals surface area contributed by atoms with Gasteiger partial charge < -0.3 is 10.0 Å². The SMILES string of the molecule is CC(=O)N1CC[C@@H](C(=O)O)[C@@H](C2CCCC2)C1. The topological polar surface area (TPSA) is 57.6 Å². The van der Waals surface area contributed by atoms with Crippen molar-refractivity contribution in [1.29, 1.82) is 0 Å². The third-order valence-electron chi connectivity index (χ3n) is 4.43. The van der Waals surface area contributed by atoms with E-state index in [1.54, 1.807) is 6.92 Å². The molecule has 1 aliphatic carbocycles. The van der Waals surface area contributed by atoms with Gasteiger partial charge in [-0.3, -0.25) is 9.59 Å². The normalized spacial score (nSPS) is 30.5. The van der Waals surface area contributed by atoms with Crippen molar-refractivity contribution in [3.63, 3.8) is 0 Å². The number of amides is 1. The van der Waals surface area contributed by atoms with Crippen molar-refractivity contribution in [3.05, 3.63) is 0 Å². The van der Waals surface area contributed by atoms with Crippen LogP contribution in [0.3, 0.4) is 0 Å². The van der Waals surface area contributed by atoms with Gasteiger partial charge in [0.15, 0.2) is 0 Å². The molecule has 2 aliphatic rings. The molecule has 0 aromatic rings. The molecule has 1 N–H and O–H groups in total. The van der Waals surface area contributed by atoms with E-state index in [0.717, 1.165) is 12.8 Å². The number of aliphatic carboxylic acids is 1. The zero-order valence-corrected chi connectivity index (χ0v) is 10.4. The Morgan fingerprint density at radius 2 is 1.82 bits per heavy atom. The Morgan fingerprint density at radius 3 is 2.35 bits per heavy atom. The van der Waals surface area contributed by atoms with Gasteiger partial charge in [0.25, 0.3) is 0 Å². The summed E-state index contributed by atoms with van der Waals surface area (Å²) >= 11 is 0. The van der Waals surface area contributed by atoms with Crippen LogP contribution in [0.2, 0.25) is 0 Å². The molecule has 1 heterocycles. The molecule has 1 aliphatic heterocycles. The molecule has 2 rings (SSSR count). The first-order valence-electron chi connectivity index (χ1n) is 6.58. The van der Waals surface area contributed by atoms with E-state index in [4.69, 9.17) is 0 Å². The average Bonchev–Trinajstić information content (AvgIpc) is 2.81. The van der Waals surface area contributed by atoms with E-state index in [9.17, 15) is 14.7 Å². The van der Waals surface area contributed by atoms with Crippen LogP contribution in [0.25, 0.3) is 0 Å². The van der Waals surface area contributed by atoms with Crippen LogP contribution in [0.15, 0.2) is 0 Å². The number of carbonyl (C=O) groups excluding carboxylic acids is 1. The summed E-state index contributed by atoms with van der Waals surface area (Å²) < 4.78 is 0. The van der Waals surface area contributed by atoms with Crippen LogP contribution < -0.4 is 0 Å². The van der Waals surface area contributed by atoms with Gasteiger partial charge in [0, 0.05) is 20.0 Å². The Morgan fingerprint density at radius 1 is 1.18 bits per heavy atom. The lowest BCUT2D eigenvalue weighted by Gasteiger charge is -2.39. The highest BCUT2D eigenvalue weighted by atomic mass is 16.4. The summed E-state index contributed by atoms with van der Waals surface area (Å²) in [4.78, 5) is 24.5. The van der Waals surface area contributed by atoms with Crippen LogP contribution in [0.5, 0.6) is 0 Å². The summed E-state index contributed by atoms with van der Waals surface area (Å²) in [7, 11) is 0. The molecule has 2 fully saturated rings. The molecule has 0 bridgehead atoms. The number of hydrogen-bond donors (Lipinski definition) is 1. The van der Waals surface area contributed by atoms with Crippen molar-refractivity contribution in [2.45, 2.75) is 39.0 Å². The number of likely N-dealkylation sites (tertiary alicyclic amines) is 1. The Balaban J connectivity index is 2.09. The fraction of sp³-hybridized carbons (Fsp3) is 0.846.